The average molecular weight is 440 g/mol. The van der Waals surface area contributed by atoms with Crippen molar-refractivity contribution in [3.05, 3.63) is 89.4 Å². The van der Waals surface area contributed by atoms with E-state index in [2.05, 4.69) is 9.63 Å². The number of carbonyl (C=O) groups excluding carboxylic acids is 1. The van der Waals surface area contributed by atoms with Gasteiger partial charge in [0.15, 0.2) is 5.69 Å². The maximum absolute atomic E-state index is 13.0. The summed E-state index contributed by atoms with van der Waals surface area (Å²) in [4.78, 5) is 12.9. The molecule has 0 saturated carbocycles. The Morgan fingerprint density at radius 1 is 0.933 bits per heavy atom. The van der Waals surface area contributed by atoms with Gasteiger partial charge >= 0.3 is 0 Å². The standard InChI is InChI=1S/C21H14ClN3O4S/c22-15-11-12-18-17(13-15)19(23-24-30(28,29)16-9-5-2-6-10-16)21(27)25(18)20(26)14-7-3-1-4-8-14/h1-13,27H. The number of hydrogen-bond donors (Lipinski definition) is 1. The van der Waals surface area contributed by atoms with Crippen LogP contribution in [0.5, 0.6) is 5.88 Å². The predicted molar refractivity (Wildman–Crippen MR) is 113 cm³/mol. The maximum Gasteiger partial charge on any atom is 0.299 e. The summed E-state index contributed by atoms with van der Waals surface area (Å²) in [5.74, 6) is -1.04. The molecular formula is C21H14ClN3O4S. The Morgan fingerprint density at radius 2 is 1.57 bits per heavy atom. The summed E-state index contributed by atoms with van der Waals surface area (Å²) in [7, 11) is -4.10. The highest BCUT2D eigenvalue weighted by Crippen LogP contribution is 2.40. The summed E-state index contributed by atoms with van der Waals surface area (Å²) in [6.07, 6.45) is 0. The highest BCUT2D eigenvalue weighted by Gasteiger charge is 2.23. The van der Waals surface area contributed by atoms with E-state index in [1.165, 1.54) is 18.2 Å². The van der Waals surface area contributed by atoms with Crippen molar-refractivity contribution in [2.75, 3.05) is 0 Å². The highest BCUT2D eigenvalue weighted by molar-refractivity contribution is 7.90. The van der Waals surface area contributed by atoms with Crippen molar-refractivity contribution in [2.45, 2.75) is 4.90 Å². The second-order valence-electron chi connectivity index (χ2n) is 6.31. The zero-order chi connectivity index (χ0) is 21.3. The molecule has 0 aliphatic rings. The molecule has 30 heavy (non-hydrogen) atoms. The van der Waals surface area contributed by atoms with Gasteiger partial charge in [-0.15, -0.1) is 5.11 Å². The molecule has 1 N–H and O–H groups in total. The van der Waals surface area contributed by atoms with Gasteiger partial charge in [-0.05, 0) is 42.5 Å². The van der Waals surface area contributed by atoms with Crippen LogP contribution in [0.25, 0.3) is 10.9 Å². The van der Waals surface area contributed by atoms with E-state index in [9.17, 15) is 18.3 Å². The van der Waals surface area contributed by atoms with Crippen molar-refractivity contribution in [1.82, 2.24) is 4.57 Å². The molecule has 0 amide bonds. The van der Waals surface area contributed by atoms with Gasteiger partial charge < -0.3 is 5.11 Å². The quantitative estimate of drug-likeness (QED) is 0.443. The van der Waals surface area contributed by atoms with Crippen LogP contribution in [0.4, 0.5) is 5.69 Å². The number of rotatable bonds is 4. The third-order valence-corrected chi connectivity index (χ3v) is 5.79. The molecule has 4 rings (SSSR count). The van der Waals surface area contributed by atoms with Crippen LogP contribution in [0.1, 0.15) is 10.4 Å². The van der Waals surface area contributed by atoms with Gasteiger partial charge in [0.25, 0.3) is 15.9 Å². The summed E-state index contributed by atoms with van der Waals surface area (Å²) >= 11 is 6.07. The molecule has 1 aromatic heterocycles. The number of carbonyl (C=O) groups is 1. The number of halogens is 1. The van der Waals surface area contributed by atoms with Gasteiger partial charge in [0.05, 0.1) is 10.4 Å². The fraction of sp³-hybridized carbons (Fsp3) is 0. The zero-order valence-corrected chi connectivity index (χ0v) is 16.9. The lowest BCUT2D eigenvalue weighted by molar-refractivity contribution is 0.0957. The summed E-state index contributed by atoms with van der Waals surface area (Å²) in [5, 5.41) is 15.1. The van der Waals surface area contributed by atoms with E-state index in [0.717, 1.165) is 4.57 Å². The number of sulfonamides is 1. The molecule has 3 aromatic carbocycles. The van der Waals surface area contributed by atoms with Crippen LogP contribution in [-0.4, -0.2) is 24.0 Å². The average Bonchev–Trinajstić information content (AvgIpc) is 3.03. The molecule has 150 valence electrons. The van der Waals surface area contributed by atoms with E-state index >= 15 is 0 Å². The first-order chi connectivity index (χ1) is 14.4. The molecule has 4 aromatic rings. The van der Waals surface area contributed by atoms with Gasteiger partial charge in [0.2, 0.25) is 5.88 Å². The molecule has 0 saturated heterocycles. The van der Waals surface area contributed by atoms with Crippen molar-refractivity contribution >= 4 is 44.1 Å². The molecule has 9 heteroatoms. The highest BCUT2D eigenvalue weighted by atomic mass is 35.5. The second-order valence-corrected chi connectivity index (χ2v) is 8.33. The molecule has 7 nitrogen and oxygen atoms in total. The van der Waals surface area contributed by atoms with Crippen LogP contribution in [0, 0.1) is 0 Å². The minimum absolute atomic E-state index is 0.0460. The minimum Gasteiger partial charge on any atom is -0.493 e. The maximum atomic E-state index is 13.0. The van der Waals surface area contributed by atoms with Crippen molar-refractivity contribution in [3.8, 4) is 5.88 Å². The molecule has 1 heterocycles. The van der Waals surface area contributed by atoms with Crippen molar-refractivity contribution < 1.29 is 18.3 Å². The molecule has 0 aliphatic carbocycles. The lowest BCUT2D eigenvalue weighted by Crippen LogP contribution is -2.10. The van der Waals surface area contributed by atoms with Gasteiger partial charge in [-0.3, -0.25) is 4.79 Å². The van der Waals surface area contributed by atoms with Crippen LogP contribution >= 0.6 is 11.6 Å². The molecule has 0 unspecified atom stereocenters. The van der Waals surface area contributed by atoms with E-state index in [1.54, 1.807) is 60.7 Å². The zero-order valence-electron chi connectivity index (χ0n) is 15.3. The smallest absolute Gasteiger partial charge is 0.299 e. The lowest BCUT2D eigenvalue weighted by Gasteiger charge is -2.05. The first-order valence-corrected chi connectivity index (χ1v) is 10.6. The Morgan fingerprint density at radius 3 is 2.23 bits per heavy atom. The number of fused-ring (bicyclic) bond motifs is 1. The molecule has 0 radical (unpaired) electrons. The number of hydrogen-bond acceptors (Lipinski definition) is 5. The third-order valence-electron chi connectivity index (χ3n) is 4.39. The van der Waals surface area contributed by atoms with E-state index < -0.39 is 21.8 Å². The van der Waals surface area contributed by atoms with E-state index in [-0.39, 0.29) is 16.0 Å². The lowest BCUT2D eigenvalue weighted by atomic mass is 10.2. The van der Waals surface area contributed by atoms with Crippen molar-refractivity contribution in [3.63, 3.8) is 0 Å². The van der Waals surface area contributed by atoms with Crippen molar-refractivity contribution in [1.29, 1.82) is 0 Å². The Kier molecular flexibility index (Phi) is 5.11. The summed E-state index contributed by atoms with van der Waals surface area (Å²) in [5.41, 5.74) is 0.480. The molecule has 0 aliphatic heterocycles. The van der Waals surface area contributed by atoms with Crippen LogP contribution in [-0.2, 0) is 10.0 Å². The SMILES string of the molecule is O=C(c1ccccc1)n1c(O)c(N=NS(=O)(=O)c2ccccc2)c2cc(Cl)ccc21. The third kappa shape index (κ3) is 3.58. The Labute approximate surface area is 176 Å². The van der Waals surface area contributed by atoms with Gasteiger partial charge in [-0.1, -0.05) is 52.5 Å². The number of aromatic nitrogens is 1. The molecular weight excluding hydrogens is 426 g/mol. The molecule has 0 spiro atoms. The fourth-order valence-electron chi connectivity index (χ4n) is 2.98. The van der Waals surface area contributed by atoms with E-state index in [0.29, 0.717) is 16.1 Å². The monoisotopic (exact) mass is 439 g/mol. The molecule has 0 atom stereocenters. The normalized spacial score (nSPS) is 11.9. The summed E-state index contributed by atoms with van der Waals surface area (Å²) in [6.45, 7) is 0. The predicted octanol–water partition coefficient (Wildman–Crippen LogP) is 5.16. The molecule has 0 fully saturated rings. The van der Waals surface area contributed by atoms with Crippen LogP contribution in [0.2, 0.25) is 5.02 Å². The van der Waals surface area contributed by atoms with E-state index in [4.69, 9.17) is 11.6 Å². The number of benzene rings is 3. The first-order valence-electron chi connectivity index (χ1n) is 8.74. The van der Waals surface area contributed by atoms with Crippen LogP contribution < -0.4 is 0 Å². The van der Waals surface area contributed by atoms with Gasteiger partial charge in [-0.25, -0.2) is 4.57 Å². The Bertz CT molecular complexity index is 1380. The number of nitrogens with zero attached hydrogens (tertiary/aromatic N) is 3. The molecule has 0 bridgehead atoms. The summed E-state index contributed by atoms with van der Waals surface area (Å²) < 4.78 is 29.4. The number of aromatic hydroxyl groups is 1. The largest absolute Gasteiger partial charge is 0.493 e. The van der Waals surface area contributed by atoms with Gasteiger partial charge in [0.1, 0.15) is 0 Å². The second kappa shape index (κ2) is 7.74. The van der Waals surface area contributed by atoms with Crippen LogP contribution in [0.15, 0.2) is 93.4 Å². The van der Waals surface area contributed by atoms with Gasteiger partial charge in [-0.2, -0.15) is 8.42 Å². The van der Waals surface area contributed by atoms with Gasteiger partial charge in [0, 0.05) is 16.0 Å². The minimum atomic E-state index is -4.10. The first kappa shape index (κ1) is 19.8. The Hall–Kier alpha value is -3.49. The fourth-order valence-corrected chi connectivity index (χ4v) is 3.94. The van der Waals surface area contributed by atoms with Crippen LogP contribution in [0.3, 0.4) is 0 Å². The van der Waals surface area contributed by atoms with Crippen molar-refractivity contribution in [2.24, 2.45) is 9.63 Å². The van der Waals surface area contributed by atoms with E-state index in [1.807, 2.05) is 0 Å². The topological polar surface area (TPSA) is 101 Å². The Balaban J connectivity index is 1.88. The summed E-state index contributed by atoms with van der Waals surface area (Å²) in [6, 6.07) is 20.5.